The summed E-state index contributed by atoms with van der Waals surface area (Å²) >= 11 is 0. The quantitative estimate of drug-likeness (QED) is 0.719. The lowest BCUT2D eigenvalue weighted by Crippen LogP contribution is -2.33. The number of aliphatic hydroxyl groups is 2. The molecule has 0 radical (unpaired) electrons. The van der Waals surface area contributed by atoms with Crippen molar-refractivity contribution in [2.75, 3.05) is 0 Å². The summed E-state index contributed by atoms with van der Waals surface area (Å²) < 4.78 is 5.55. The molecule has 0 aliphatic carbocycles. The van der Waals surface area contributed by atoms with E-state index in [1.807, 2.05) is 30.3 Å². The van der Waals surface area contributed by atoms with Gasteiger partial charge in [-0.25, -0.2) is 0 Å². The molecule has 2 rings (SSSR count). The third-order valence-corrected chi connectivity index (χ3v) is 2.91. The molecule has 1 aromatic carbocycles. The summed E-state index contributed by atoms with van der Waals surface area (Å²) in [6.45, 7) is 0.348. The number of pyridine rings is 1. The van der Waals surface area contributed by atoms with Crippen molar-refractivity contribution >= 4 is 5.91 Å². The lowest BCUT2D eigenvalue weighted by atomic mass is 10.1. The molecule has 6 nitrogen and oxygen atoms in total. The molecule has 1 amide bonds. The Morgan fingerprint density at radius 2 is 1.95 bits per heavy atom. The number of benzene rings is 1. The second kappa shape index (κ2) is 6.83. The summed E-state index contributed by atoms with van der Waals surface area (Å²) in [6.07, 6.45) is -0.298. The Morgan fingerprint density at radius 1 is 1.24 bits per heavy atom. The van der Waals surface area contributed by atoms with Crippen LogP contribution in [0.5, 0.6) is 5.75 Å². The van der Waals surface area contributed by atoms with Crippen molar-refractivity contribution in [2.45, 2.75) is 18.8 Å². The Morgan fingerprint density at radius 3 is 2.62 bits per heavy atom. The number of aromatic nitrogens is 1. The van der Waals surface area contributed by atoms with E-state index in [9.17, 15) is 15.0 Å². The lowest BCUT2D eigenvalue weighted by molar-refractivity contribution is -0.132. The lowest BCUT2D eigenvalue weighted by Gasteiger charge is -2.15. The molecule has 0 aliphatic heterocycles. The minimum absolute atomic E-state index is 0.256. The number of carbonyl (C=O) groups is 1. The number of amides is 1. The van der Waals surface area contributed by atoms with E-state index >= 15 is 0 Å². The first kappa shape index (κ1) is 15.0. The minimum atomic E-state index is -1.68. The standard InChI is InChI=1S/C15H16N2O4/c16-15(20)14(19)13(18)11-6-12(8-17-7-11)21-9-10-4-2-1-3-5-10/h1-8,13-14,18-19H,9H2,(H2,16,20). The highest BCUT2D eigenvalue weighted by Crippen LogP contribution is 2.21. The molecule has 4 N–H and O–H groups in total. The van der Waals surface area contributed by atoms with Gasteiger partial charge in [0.1, 0.15) is 18.5 Å². The van der Waals surface area contributed by atoms with Crippen LogP contribution < -0.4 is 10.5 Å². The van der Waals surface area contributed by atoms with Crippen LogP contribution in [0.15, 0.2) is 48.8 Å². The van der Waals surface area contributed by atoms with E-state index in [0.717, 1.165) is 5.56 Å². The van der Waals surface area contributed by atoms with Crippen LogP contribution in [0.25, 0.3) is 0 Å². The molecular formula is C15H16N2O4. The van der Waals surface area contributed by atoms with E-state index in [4.69, 9.17) is 10.5 Å². The molecular weight excluding hydrogens is 272 g/mol. The Labute approximate surface area is 121 Å². The molecule has 2 aromatic rings. The summed E-state index contributed by atoms with van der Waals surface area (Å²) in [6, 6.07) is 11.1. The average Bonchev–Trinajstić information content (AvgIpc) is 2.52. The van der Waals surface area contributed by atoms with Gasteiger partial charge in [0.2, 0.25) is 5.91 Å². The molecule has 2 unspecified atom stereocenters. The molecule has 0 spiro atoms. The van der Waals surface area contributed by atoms with Gasteiger partial charge in [-0.15, -0.1) is 0 Å². The second-order valence-electron chi connectivity index (χ2n) is 4.52. The Balaban J connectivity index is 2.05. The first-order chi connectivity index (χ1) is 10.1. The number of ether oxygens (including phenoxy) is 1. The summed E-state index contributed by atoms with van der Waals surface area (Å²) in [4.78, 5) is 14.8. The second-order valence-corrected chi connectivity index (χ2v) is 4.52. The van der Waals surface area contributed by atoms with Crippen LogP contribution in [0, 0.1) is 0 Å². The minimum Gasteiger partial charge on any atom is -0.487 e. The van der Waals surface area contributed by atoms with E-state index in [1.54, 1.807) is 0 Å². The predicted molar refractivity (Wildman–Crippen MR) is 75.2 cm³/mol. The van der Waals surface area contributed by atoms with Gasteiger partial charge in [-0.1, -0.05) is 30.3 Å². The highest BCUT2D eigenvalue weighted by Gasteiger charge is 2.24. The van der Waals surface area contributed by atoms with E-state index in [2.05, 4.69) is 4.98 Å². The number of nitrogens with zero attached hydrogens (tertiary/aromatic N) is 1. The van der Waals surface area contributed by atoms with Gasteiger partial charge in [-0.3, -0.25) is 9.78 Å². The summed E-state index contributed by atoms with van der Waals surface area (Å²) in [5.74, 6) is -0.579. The zero-order chi connectivity index (χ0) is 15.2. The molecule has 0 saturated heterocycles. The van der Waals surface area contributed by atoms with E-state index < -0.39 is 18.1 Å². The molecule has 1 heterocycles. The zero-order valence-electron chi connectivity index (χ0n) is 11.2. The molecule has 110 valence electrons. The number of rotatable bonds is 6. The van der Waals surface area contributed by atoms with Crippen molar-refractivity contribution in [2.24, 2.45) is 5.73 Å². The first-order valence-electron chi connectivity index (χ1n) is 6.35. The number of primary amides is 1. The first-order valence-corrected chi connectivity index (χ1v) is 6.35. The molecule has 21 heavy (non-hydrogen) atoms. The maximum Gasteiger partial charge on any atom is 0.249 e. The molecule has 2 atom stereocenters. The Kier molecular flexibility index (Phi) is 4.86. The topological polar surface area (TPSA) is 106 Å². The molecule has 1 aromatic heterocycles. The normalized spacial score (nSPS) is 13.4. The van der Waals surface area contributed by atoms with Gasteiger partial charge in [-0.2, -0.15) is 0 Å². The number of aliphatic hydroxyl groups excluding tert-OH is 2. The van der Waals surface area contributed by atoms with Gasteiger partial charge < -0.3 is 20.7 Å². The predicted octanol–water partition coefficient (Wildman–Crippen LogP) is 0.540. The summed E-state index contributed by atoms with van der Waals surface area (Å²) in [5, 5.41) is 19.3. The van der Waals surface area contributed by atoms with Crippen molar-refractivity contribution < 1.29 is 19.7 Å². The largest absolute Gasteiger partial charge is 0.487 e. The summed E-state index contributed by atoms with van der Waals surface area (Å²) in [7, 11) is 0. The molecule has 6 heteroatoms. The van der Waals surface area contributed by atoms with Crippen LogP contribution in [0.3, 0.4) is 0 Å². The fraction of sp³-hybridized carbons (Fsp3) is 0.200. The van der Waals surface area contributed by atoms with Crippen LogP contribution >= 0.6 is 0 Å². The Bertz CT molecular complexity index is 604. The molecule has 0 aliphatic rings. The van der Waals surface area contributed by atoms with E-state index in [0.29, 0.717) is 12.4 Å². The van der Waals surface area contributed by atoms with E-state index in [-0.39, 0.29) is 5.56 Å². The number of nitrogens with two attached hydrogens (primary N) is 1. The van der Waals surface area contributed by atoms with Gasteiger partial charge >= 0.3 is 0 Å². The average molecular weight is 288 g/mol. The maximum atomic E-state index is 10.9. The third kappa shape index (κ3) is 4.01. The van der Waals surface area contributed by atoms with Gasteiger partial charge in [0.05, 0.1) is 6.20 Å². The van der Waals surface area contributed by atoms with Crippen molar-refractivity contribution in [3.63, 3.8) is 0 Å². The van der Waals surface area contributed by atoms with Crippen LogP contribution in [0.2, 0.25) is 0 Å². The smallest absolute Gasteiger partial charge is 0.249 e. The molecule has 0 fully saturated rings. The Hall–Kier alpha value is -2.44. The van der Waals surface area contributed by atoms with Crippen LogP contribution in [0.4, 0.5) is 0 Å². The van der Waals surface area contributed by atoms with Crippen LogP contribution in [-0.2, 0) is 11.4 Å². The van der Waals surface area contributed by atoms with Crippen molar-refractivity contribution in [3.05, 3.63) is 59.9 Å². The maximum absolute atomic E-state index is 10.9. The van der Waals surface area contributed by atoms with E-state index in [1.165, 1.54) is 18.5 Å². The van der Waals surface area contributed by atoms with Gasteiger partial charge in [0.25, 0.3) is 0 Å². The fourth-order valence-corrected chi connectivity index (χ4v) is 1.76. The van der Waals surface area contributed by atoms with Gasteiger partial charge in [0.15, 0.2) is 6.10 Å². The van der Waals surface area contributed by atoms with Crippen LogP contribution in [0.1, 0.15) is 17.2 Å². The number of carbonyl (C=O) groups excluding carboxylic acids is 1. The highest BCUT2D eigenvalue weighted by molar-refractivity contribution is 5.79. The summed E-state index contributed by atoms with van der Waals surface area (Å²) in [5.41, 5.74) is 6.19. The molecule has 0 saturated carbocycles. The van der Waals surface area contributed by atoms with Gasteiger partial charge in [-0.05, 0) is 11.6 Å². The number of hydrogen-bond donors (Lipinski definition) is 3. The third-order valence-electron chi connectivity index (χ3n) is 2.91. The number of hydrogen-bond acceptors (Lipinski definition) is 5. The SMILES string of the molecule is NC(=O)C(O)C(O)c1cncc(OCc2ccccc2)c1. The van der Waals surface area contributed by atoms with Crippen molar-refractivity contribution in [1.29, 1.82) is 0 Å². The zero-order valence-corrected chi connectivity index (χ0v) is 11.2. The molecule has 0 bridgehead atoms. The highest BCUT2D eigenvalue weighted by atomic mass is 16.5. The van der Waals surface area contributed by atoms with Gasteiger partial charge in [0, 0.05) is 11.8 Å². The monoisotopic (exact) mass is 288 g/mol. The fourth-order valence-electron chi connectivity index (χ4n) is 1.76. The van der Waals surface area contributed by atoms with Crippen molar-refractivity contribution in [1.82, 2.24) is 4.98 Å². The van der Waals surface area contributed by atoms with Crippen molar-refractivity contribution in [3.8, 4) is 5.75 Å². The van der Waals surface area contributed by atoms with Crippen LogP contribution in [-0.4, -0.2) is 27.2 Å².